The Kier molecular flexibility index (Phi) is 9.34. The highest BCUT2D eigenvalue weighted by molar-refractivity contribution is 7.80. The molecule has 1 aliphatic heterocycles. The second kappa shape index (κ2) is 12.9. The molecule has 0 aromatic heterocycles. The van der Waals surface area contributed by atoms with Crippen molar-refractivity contribution in [2.45, 2.75) is 12.8 Å². The monoisotopic (exact) mass is 605 g/mol. The van der Waals surface area contributed by atoms with Gasteiger partial charge in [0.1, 0.15) is 11.5 Å². The highest BCUT2D eigenvalue weighted by Crippen LogP contribution is 2.34. The van der Waals surface area contributed by atoms with Gasteiger partial charge in [-0.1, -0.05) is 47.5 Å². The Hall–Kier alpha value is -4.02. The van der Waals surface area contributed by atoms with Crippen LogP contribution in [0.3, 0.4) is 0 Å². The van der Waals surface area contributed by atoms with Crippen molar-refractivity contribution in [2.24, 2.45) is 10.2 Å². The standard InChI is InChI=1S/C27H20Cl2F3N5O2S/c1-38-21-14-22(28)25(23(29)15-21)34-26(40)35-33-16-17-5-7-18(8-6-17)24-4-2-3-13-37(36-24)19-9-11-20(12-10-19)39-27(30,31)32/h2,5-16H,4H2,1H3,(H2,34,35,40)/b33-16+. The van der Waals surface area contributed by atoms with E-state index in [0.717, 1.165) is 16.8 Å². The second-order valence-corrected chi connectivity index (χ2v) is 9.27. The number of ether oxygens (including phenoxy) is 2. The first-order valence-electron chi connectivity index (χ1n) is 11.5. The third-order valence-corrected chi connectivity index (χ3v) is 6.08. The van der Waals surface area contributed by atoms with Gasteiger partial charge in [0.05, 0.1) is 46.7 Å². The number of benzene rings is 3. The number of halogens is 5. The Morgan fingerprint density at radius 3 is 2.38 bits per heavy atom. The van der Waals surface area contributed by atoms with Crippen molar-refractivity contribution in [3.8, 4) is 11.5 Å². The maximum absolute atomic E-state index is 12.4. The zero-order chi connectivity index (χ0) is 28.7. The van der Waals surface area contributed by atoms with Crippen molar-refractivity contribution in [3.63, 3.8) is 0 Å². The minimum atomic E-state index is -4.76. The van der Waals surface area contributed by atoms with Crippen LogP contribution in [0.5, 0.6) is 11.5 Å². The van der Waals surface area contributed by atoms with E-state index in [-0.39, 0.29) is 10.9 Å². The minimum absolute atomic E-state index is 0.187. The molecule has 0 amide bonds. The highest BCUT2D eigenvalue weighted by atomic mass is 35.5. The molecule has 206 valence electrons. The average molecular weight is 606 g/mol. The van der Waals surface area contributed by atoms with E-state index in [1.54, 1.807) is 24.5 Å². The smallest absolute Gasteiger partial charge is 0.497 e. The summed E-state index contributed by atoms with van der Waals surface area (Å²) in [6.45, 7) is 0. The molecule has 0 aliphatic carbocycles. The van der Waals surface area contributed by atoms with Crippen LogP contribution in [0, 0.1) is 0 Å². The predicted molar refractivity (Wildman–Crippen MR) is 156 cm³/mol. The molecule has 0 fully saturated rings. The SMILES string of the molecule is COc1cc(Cl)c(NC(=S)N/N=C/c2ccc(C3=NN(c4ccc(OC(F)(F)F)cc4)C=C=CC3)cc2)c(Cl)c1. The number of hydrogen-bond donors (Lipinski definition) is 2. The summed E-state index contributed by atoms with van der Waals surface area (Å²) in [5, 5.41) is 14.1. The number of hydrazone groups is 2. The van der Waals surface area contributed by atoms with Gasteiger partial charge in [-0.3, -0.25) is 5.43 Å². The van der Waals surface area contributed by atoms with E-state index < -0.39 is 6.36 Å². The van der Waals surface area contributed by atoms with Gasteiger partial charge in [0, 0.05) is 18.6 Å². The van der Waals surface area contributed by atoms with Crippen molar-refractivity contribution in [2.75, 3.05) is 17.4 Å². The molecule has 40 heavy (non-hydrogen) atoms. The van der Waals surface area contributed by atoms with Gasteiger partial charge in [0.25, 0.3) is 0 Å². The van der Waals surface area contributed by atoms with Crippen molar-refractivity contribution in [1.82, 2.24) is 5.43 Å². The molecular formula is C27H20Cl2F3N5O2S. The summed E-state index contributed by atoms with van der Waals surface area (Å²) in [6, 6.07) is 16.1. The Balaban J connectivity index is 1.39. The third-order valence-electron chi connectivity index (χ3n) is 5.29. The molecule has 2 N–H and O–H groups in total. The number of thiocarbonyl (C=S) groups is 1. The van der Waals surface area contributed by atoms with E-state index in [2.05, 4.69) is 31.4 Å². The van der Waals surface area contributed by atoms with Crippen LogP contribution in [0.1, 0.15) is 17.5 Å². The summed E-state index contributed by atoms with van der Waals surface area (Å²) in [4.78, 5) is 0. The van der Waals surface area contributed by atoms with Crippen LogP contribution >= 0.6 is 35.4 Å². The zero-order valence-electron chi connectivity index (χ0n) is 20.7. The topological polar surface area (TPSA) is 70.5 Å². The second-order valence-electron chi connectivity index (χ2n) is 8.05. The van der Waals surface area contributed by atoms with Crippen LogP contribution in [0.4, 0.5) is 24.5 Å². The molecule has 3 aromatic carbocycles. The summed E-state index contributed by atoms with van der Waals surface area (Å²) in [6.07, 6.45) is 0.751. The van der Waals surface area contributed by atoms with E-state index in [1.165, 1.54) is 36.4 Å². The number of hydrogen-bond acceptors (Lipinski definition) is 6. The van der Waals surface area contributed by atoms with Gasteiger partial charge in [-0.15, -0.1) is 18.9 Å². The maximum atomic E-state index is 12.4. The van der Waals surface area contributed by atoms with Crippen LogP contribution in [0.2, 0.25) is 10.0 Å². The van der Waals surface area contributed by atoms with E-state index >= 15 is 0 Å². The summed E-state index contributed by atoms with van der Waals surface area (Å²) < 4.78 is 46.4. The van der Waals surface area contributed by atoms with E-state index in [1.807, 2.05) is 30.3 Å². The van der Waals surface area contributed by atoms with Gasteiger partial charge in [-0.05, 0) is 53.7 Å². The number of alkyl halides is 3. The molecule has 1 aliphatic rings. The molecule has 3 aromatic rings. The van der Waals surface area contributed by atoms with Crippen LogP contribution in [0.25, 0.3) is 0 Å². The Morgan fingerprint density at radius 1 is 1.07 bits per heavy atom. The quantitative estimate of drug-likeness (QED) is 0.126. The normalized spacial score (nSPS) is 13.2. The van der Waals surface area contributed by atoms with Gasteiger partial charge in [0.15, 0.2) is 5.11 Å². The van der Waals surface area contributed by atoms with Crippen molar-refractivity contribution >= 4 is 63.8 Å². The van der Waals surface area contributed by atoms with Gasteiger partial charge in [-0.2, -0.15) is 10.2 Å². The minimum Gasteiger partial charge on any atom is -0.497 e. The van der Waals surface area contributed by atoms with Gasteiger partial charge >= 0.3 is 6.36 Å². The first-order valence-corrected chi connectivity index (χ1v) is 12.6. The molecule has 4 rings (SSSR count). The molecule has 13 heteroatoms. The van der Waals surface area contributed by atoms with E-state index in [0.29, 0.717) is 33.6 Å². The fourth-order valence-corrected chi connectivity index (χ4v) is 4.16. The lowest BCUT2D eigenvalue weighted by atomic mass is 10.1. The summed E-state index contributed by atoms with van der Waals surface area (Å²) >= 11 is 17.7. The lowest BCUT2D eigenvalue weighted by molar-refractivity contribution is -0.274. The summed E-state index contributed by atoms with van der Waals surface area (Å²) in [5.41, 5.74) is 9.06. The molecule has 1 heterocycles. The van der Waals surface area contributed by atoms with Gasteiger partial charge in [0.2, 0.25) is 0 Å². The van der Waals surface area contributed by atoms with Crippen LogP contribution in [-0.2, 0) is 0 Å². The average Bonchev–Trinajstić information content (AvgIpc) is 3.17. The molecule has 7 nitrogen and oxygen atoms in total. The first-order chi connectivity index (χ1) is 19.1. The number of methoxy groups -OCH3 is 1. The Morgan fingerprint density at radius 2 is 1.75 bits per heavy atom. The zero-order valence-corrected chi connectivity index (χ0v) is 23.0. The van der Waals surface area contributed by atoms with Crippen molar-refractivity contribution in [1.29, 1.82) is 0 Å². The maximum Gasteiger partial charge on any atom is 0.573 e. The lowest BCUT2D eigenvalue weighted by Gasteiger charge is -2.16. The molecular weight excluding hydrogens is 586 g/mol. The lowest BCUT2D eigenvalue weighted by Crippen LogP contribution is -2.24. The van der Waals surface area contributed by atoms with Crippen molar-refractivity contribution < 1.29 is 22.6 Å². The molecule has 0 saturated carbocycles. The predicted octanol–water partition coefficient (Wildman–Crippen LogP) is 7.50. The van der Waals surface area contributed by atoms with Crippen LogP contribution in [-0.4, -0.2) is 30.5 Å². The molecule has 0 atom stereocenters. The summed E-state index contributed by atoms with van der Waals surface area (Å²) in [7, 11) is 1.51. The molecule has 0 unspecified atom stereocenters. The van der Waals surface area contributed by atoms with Gasteiger partial charge in [-0.25, -0.2) is 5.01 Å². The third kappa shape index (κ3) is 8.00. The van der Waals surface area contributed by atoms with E-state index in [4.69, 9.17) is 40.2 Å². The molecule has 0 saturated heterocycles. The highest BCUT2D eigenvalue weighted by Gasteiger charge is 2.31. The number of allylic oxidation sites excluding steroid dienone is 1. The molecule has 0 radical (unpaired) electrons. The molecule has 0 bridgehead atoms. The summed E-state index contributed by atoms with van der Waals surface area (Å²) in [5.74, 6) is 0.204. The number of rotatable bonds is 7. The van der Waals surface area contributed by atoms with Crippen molar-refractivity contribution in [3.05, 3.63) is 99.8 Å². The Labute approximate surface area is 243 Å². The molecule has 0 spiro atoms. The first kappa shape index (κ1) is 29.0. The Bertz CT molecular complexity index is 1480. The van der Waals surface area contributed by atoms with Gasteiger partial charge < -0.3 is 14.8 Å². The fourth-order valence-electron chi connectivity index (χ4n) is 3.44. The number of nitrogens with zero attached hydrogens (tertiary/aromatic N) is 3. The largest absolute Gasteiger partial charge is 0.573 e. The van der Waals surface area contributed by atoms with Crippen LogP contribution < -0.4 is 25.2 Å². The van der Waals surface area contributed by atoms with Crippen LogP contribution in [0.15, 0.2) is 88.9 Å². The number of nitrogens with one attached hydrogen (secondary N) is 2. The number of anilines is 2. The fraction of sp³-hybridized carbons (Fsp3) is 0.111. The van der Waals surface area contributed by atoms with E-state index in [9.17, 15) is 13.2 Å².